The molecule has 4 nitrogen and oxygen atoms in total. The molecule has 5 heteroatoms. The standard InChI is InChI=1S/C23H28ClN3O/c1-15(2)14-25-23(28)9-10-27-21-12-17(4)16(3)11-20(21)26-22(27)13-18-7-5-6-8-19(18)24/h5-8,11-12,15H,9-10,13-14H2,1-4H3,(H,25,28). The van der Waals surface area contributed by atoms with Gasteiger partial charge in [0.1, 0.15) is 5.82 Å². The fourth-order valence-electron chi connectivity index (χ4n) is 3.25. The minimum atomic E-state index is 0.0723. The molecule has 0 spiro atoms. The number of carbonyl (C=O) groups excluding carboxylic acids is 1. The van der Waals surface area contributed by atoms with Crippen molar-refractivity contribution < 1.29 is 4.79 Å². The van der Waals surface area contributed by atoms with Gasteiger partial charge in [-0.3, -0.25) is 4.79 Å². The zero-order valence-electron chi connectivity index (χ0n) is 17.1. The van der Waals surface area contributed by atoms with E-state index in [-0.39, 0.29) is 5.91 Å². The summed E-state index contributed by atoms with van der Waals surface area (Å²) in [5.74, 6) is 1.45. The summed E-state index contributed by atoms with van der Waals surface area (Å²) in [5.41, 5.74) is 5.52. The zero-order valence-corrected chi connectivity index (χ0v) is 17.8. The highest BCUT2D eigenvalue weighted by atomic mass is 35.5. The van der Waals surface area contributed by atoms with Crippen LogP contribution in [0.5, 0.6) is 0 Å². The van der Waals surface area contributed by atoms with Crippen molar-refractivity contribution in [3.8, 4) is 0 Å². The zero-order chi connectivity index (χ0) is 20.3. The van der Waals surface area contributed by atoms with E-state index in [0.29, 0.717) is 31.8 Å². The molecule has 0 aliphatic carbocycles. The number of amides is 1. The molecule has 28 heavy (non-hydrogen) atoms. The lowest BCUT2D eigenvalue weighted by Gasteiger charge is -2.12. The Labute approximate surface area is 171 Å². The molecule has 148 valence electrons. The SMILES string of the molecule is Cc1cc2nc(Cc3ccccc3Cl)n(CCC(=O)NCC(C)C)c2cc1C. The van der Waals surface area contributed by atoms with Crippen LogP contribution >= 0.6 is 11.6 Å². The highest BCUT2D eigenvalue weighted by molar-refractivity contribution is 6.31. The lowest BCUT2D eigenvalue weighted by molar-refractivity contribution is -0.121. The first-order valence-corrected chi connectivity index (χ1v) is 10.2. The topological polar surface area (TPSA) is 46.9 Å². The van der Waals surface area contributed by atoms with Gasteiger partial charge in [-0.1, -0.05) is 43.6 Å². The third-order valence-electron chi connectivity index (χ3n) is 5.02. The summed E-state index contributed by atoms with van der Waals surface area (Å²) in [6.45, 7) is 9.69. The lowest BCUT2D eigenvalue weighted by atomic mass is 10.1. The summed E-state index contributed by atoms with van der Waals surface area (Å²) >= 11 is 6.37. The summed E-state index contributed by atoms with van der Waals surface area (Å²) in [4.78, 5) is 17.1. The highest BCUT2D eigenvalue weighted by Crippen LogP contribution is 2.25. The van der Waals surface area contributed by atoms with E-state index in [1.807, 2.05) is 24.3 Å². The summed E-state index contributed by atoms with van der Waals surface area (Å²) in [7, 11) is 0. The number of carbonyl (C=O) groups is 1. The Morgan fingerprint density at radius 3 is 2.61 bits per heavy atom. The number of hydrogen-bond acceptors (Lipinski definition) is 2. The number of fused-ring (bicyclic) bond motifs is 1. The van der Waals surface area contributed by atoms with E-state index < -0.39 is 0 Å². The largest absolute Gasteiger partial charge is 0.356 e. The van der Waals surface area contributed by atoms with Crippen LogP contribution in [-0.4, -0.2) is 22.0 Å². The predicted molar refractivity (Wildman–Crippen MR) is 116 cm³/mol. The molecule has 0 saturated carbocycles. The average Bonchev–Trinajstić information content (AvgIpc) is 2.96. The van der Waals surface area contributed by atoms with E-state index >= 15 is 0 Å². The number of aryl methyl sites for hydroxylation is 3. The van der Waals surface area contributed by atoms with Crippen LogP contribution in [0.15, 0.2) is 36.4 Å². The van der Waals surface area contributed by atoms with Crippen LogP contribution in [0.4, 0.5) is 0 Å². The quantitative estimate of drug-likeness (QED) is 0.605. The Morgan fingerprint density at radius 1 is 1.18 bits per heavy atom. The second-order valence-corrected chi connectivity index (χ2v) is 8.23. The first-order valence-electron chi connectivity index (χ1n) is 9.81. The number of benzene rings is 2. The molecule has 1 aromatic heterocycles. The molecule has 2 aromatic carbocycles. The second kappa shape index (κ2) is 8.78. The molecule has 0 radical (unpaired) electrons. The highest BCUT2D eigenvalue weighted by Gasteiger charge is 2.15. The number of rotatable bonds is 7. The molecule has 1 heterocycles. The van der Waals surface area contributed by atoms with Gasteiger partial charge in [-0.25, -0.2) is 4.98 Å². The minimum Gasteiger partial charge on any atom is -0.356 e. The van der Waals surface area contributed by atoms with Gasteiger partial charge in [-0.2, -0.15) is 0 Å². The van der Waals surface area contributed by atoms with Crippen LogP contribution in [0.1, 0.15) is 42.8 Å². The predicted octanol–water partition coefficient (Wildman–Crippen LogP) is 5.06. The summed E-state index contributed by atoms with van der Waals surface area (Å²) in [6, 6.07) is 12.1. The van der Waals surface area contributed by atoms with Gasteiger partial charge in [0, 0.05) is 31.0 Å². The van der Waals surface area contributed by atoms with E-state index in [0.717, 1.165) is 27.4 Å². The molecule has 0 saturated heterocycles. The Bertz CT molecular complexity index is 991. The third-order valence-corrected chi connectivity index (χ3v) is 5.39. The summed E-state index contributed by atoms with van der Waals surface area (Å²) in [5, 5.41) is 3.74. The molecule has 0 fully saturated rings. The lowest BCUT2D eigenvalue weighted by Crippen LogP contribution is -2.28. The number of nitrogens with zero attached hydrogens (tertiary/aromatic N) is 2. The Hall–Kier alpha value is -2.33. The third kappa shape index (κ3) is 4.74. The van der Waals surface area contributed by atoms with Gasteiger partial charge in [0.15, 0.2) is 0 Å². The molecule has 0 atom stereocenters. The molecule has 1 N–H and O–H groups in total. The van der Waals surface area contributed by atoms with Crippen LogP contribution in [-0.2, 0) is 17.8 Å². The molecule has 0 aliphatic heterocycles. The maximum absolute atomic E-state index is 12.3. The van der Waals surface area contributed by atoms with Gasteiger partial charge in [0.2, 0.25) is 5.91 Å². The molecule has 3 aromatic rings. The van der Waals surface area contributed by atoms with Gasteiger partial charge in [-0.15, -0.1) is 0 Å². The van der Waals surface area contributed by atoms with Gasteiger partial charge in [0.25, 0.3) is 0 Å². The van der Waals surface area contributed by atoms with Gasteiger partial charge in [-0.05, 0) is 54.7 Å². The van der Waals surface area contributed by atoms with E-state index in [9.17, 15) is 4.79 Å². The first kappa shape index (κ1) is 20.4. The number of nitrogens with one attached hydrogen (secondary N) is 1. The Morgan fingerprint density at radius 2 is 1.89 bits per heavy atom. The molecular weight excluding hydrogens is 370 g/mol. The van der Waals surface area contributed by atoms with Crippen molar-refractivity contribution in [3.05, 3.63) is 63.9 Å². The van der Waals surface area contributed by atoms with Gasteiger partial charge >= 0.3 is 0 Å². The number of hydrogen-bond donors (Lipinski definition) is 1. The number of aromatic nitrogens is 2. The molecule has 1 amide bonds. The molecular formula is C23H28ClN3O. The fraction of sp³-hybridized carbons (Fsp3) is 0.391. The van der Waals surface area contributed by atoms with Crippen LogP contribution in [0.25, 0.3) is 11.0 Å². The maximum Gasteiger partial charge on any atom is 0.221 e. The minimum absolute atomic E-state index is 0.0723. The van der Waals surface area contributed by atoms with Crippen LogP contribution < -0.4 is 5.32 Å². The van der Waals surface area contributed by atoms with Gasteiger partial charge in [0.05, 0.1) is 11.0 Å². The second-order valence-electron chi connectivity index (χ2n) is 7.82. The Kier molecular flexibility index (Phi) is 6.40. The van der Waals surface area contributed by atoms with E-state index in [1.165, 1.54) is 11.1 Å². The first-order chi connectivity index (χ1) is 13.3. The fourth-order valence-corrected chi connectivity index (χ4v) is 3.45. The maximum atomic E-state index is 12.3. The van der Waals surface area contributed by atoms with Crippen molar-refractivity contribution in [2.45, 2.75) is 47.1 Å². The molecule has 0 aliphatic rings. The van der Waals surface area contributed by atoms with Crippen molar-refractivity contribution in [3.63, 3.8) is 0 Å². The Balaban J connectivity index is 1.92. The molecule has 3 rings (SSSR count). The summed E-state index contributed by atoms with van der Waals surface area (Å²) in [6.07, 6.45) is 1.07. The van der Waals surface area contributed by atoms with Crippen LogP contribution in [0.3, 0.4) is 0 Å². The van der Waals surface area contributed by atoms with E-state index in [4.69, 9.17) is 16.6 Å². The molecule has 0 bridgehead atoms. The van der Waals surface area contributed by atoms with E-state index in [2.05, 4.69) is 49.7 Å². The number of halogens is 1. The van der Waals surface area contributed by atoms with Crippen molar-refractivity contribution >= 4 is 28.5 Å². The van der Waals surface area contributed by atoms with Crippen LogP contribution in [0, 0.1) is 19.8 Å². The summed E-state index contributed by atoms with van der Waals surface area (Å²) < 4.78 is 2.17. The van der Waals surface area contributed by atoms with Crippen molar-refractivity contribution in [2.75, 3.05) is 6.54 Å². The van der Waals surface area contributed by atoms with Crippen molar-refractivity contribution in [2.24, 2.45) is 5.92 Å². The average molecular weight is 398 g/mol. The van der Waals surface area contributed by atoms with Crippen molar-refractivity contribution in [1.29, 1.82) is 0 Å². The van der Waals surface area contributed by atoms with E-state index in [1.54, 1.807) is 0 Å². The number of imidazole rings is 1. The van der Waals surface area contributed by atoms with Gasteiger partial charge < -0.3 is 9.88 Å². The molecule has 0 unspecified atom stereocenters. The monoisotopic (exact) mass is 397 g/mol. The van der Waals surface area contributed by atoms with Crippen LogP contribution in [0.2, 0.25) is 5.02 Å². The van der Waals surface area contributed by atoms with Crippen molar-refractivity contribution in [1.82, 2.24) is 14.9 Å². The smallest absolute Gasteiger partial charge is 0.221 e. The normalized spacial score (nSPS) is 11.4.